The topological polar surface area (TPSA) is 102 Å². The van der Waals surface area contributed by atoms with Crippen LogP contribution >= 0.6 is 11.3 Å². The summed E-state index contributed by atoms with van der Waals surface area (Å²) in [4.78, 5) is 22.7. The van der Waals surface area contributed by atoms with Gasteiger partial charge in [0.25, 0.3) is 5.91 Å². The van der Waals surface area contributed by atoms with Crippen LogP contribution in [0.3, 0.4) is 0 Å². The molecule has 1 amide bonds. The second-order valence-electron chi connectivity index (χ2n) is 6.15. The van der Waals surface area contributed by atoms with Crippen LogP contribution in [-0.2, 0) is 11.3 Å². The highest BCUT2D eigenvalue weighted by atomic mass is 32.1. The van der Waals surface area contributed by atoms with Gasteiger partial charge in [0.1, 0.15) is 28.9 Å². The zero-order chi connectivity index (χ0) is 17.9. The molecule has 26 heavy (non-hydrogen) atoms. The number of hydrogen-bond acceptors (Lipinski definition) is 8. The van der Waals surface area contributed by atoms with Crippen LogP contribution in [0, 0.1) is 6.92 Å². The predicted molar refractivity (Wildman–Crippen MR) is 97.3 cm³/mol. The standard InChI is InChI=1S/C17H19N5O3S/c1-10-13-15(18-8-12-3-2-5-24-12)20-9-21-17(13)26-14(10)16(23)19-7-11-4-6-25-22-11/h4,6,9,12H,2-3,5,7-8H2,1H3,(H,19,23)(H,18,20,21)/t12-/m1/s1. The lowest BCUT2D eigenvalue weighted by molar-refractivity contribution is 0.0953. The van der Waals surface area contributed by atoms with E-state index < -0.39 is 0 Å². The van der Waals surface area contributed by atoms with E-state index >= 15 is 0 Å². The molecule has 4 rings (SSSR count). The first-order valence-electron chi connectivity index (χ1n) is 8.49. The second-order valence-corrected chi connectivity index (χ2v) is 7.15. The number of amides is 1. The average molecular weight is 373 g/mol. The Morgan fingerprint density at radius 1 is 1.42 bits per heavy atom. The number of hydrogen-bond donors (Lipinski definition) is 2. The fourth-order valence-electron chi connectivity index (χ4n) is 3.02. The van der Waals surface area contributed by atoms with Gasteiger partial charge in [0.2, 0.25) is 0 Å². The summed E-state index contributed by atoms with van der Waals surface area (Å²) in [6.07, 6.45) is 5.36. The Morgan fingerprint density at radius 3 is 3.12 bits per heavy atom. The quantitative estimate of drug-likeness (QED) is 0.684. The number of anilines is 1. The highest BCUT2D eigenvalue weighted by Crippen LogP contribution is 2.33. The van der Waals surface area contributed by atoms with E-state index in [0.29, 0.717) is 23.7 Å². The first kappa shape index (κ1) is 16.9. The molecule has 0 bridgehead atoms. The van der Waals surface area contributed by atoms with E-state index in [-0.39, 0.29) is 12.0 Å². The van der Waals surface area contributed by atoms with Gasteiger partial charge in [-0.25, -0.2) is 9.97 Å². The zero-order valence-electron chi connectivity index (χ0n) is 14.3. The Bertz CT molecular complexity index is 903. The second kappa shape index (κ2) is 7.38. The van der Waals surface area contributed by atoms with Gasteiger partial charge in [-0.15, -0.1) is 11.3 Å². The van der Waals surface area contributed by atoms with Crippen molar-refractivity contribution in [1.82, 2.24) is 20.4 Å². The number of aryl methyl sites for hydroxylation is 1. The molecule has 8 nitrogen and oxygen atoms in total. The van der Waals surface area contributed by atoms with E-state index in [1.807, 2.05) is 6.92 Å². The number of nitrogens with one attached hydrogen (secondary N) is 2. The van der Waals surface area contributed by atoms with E-state index in [2.05, 4.69) is 25.8 Å². The molecule has 0 aromatic carbocycles. The van der Waals surface area contributed by atoms with Gasteiger partial charge in [-0.1, -0.05) is 5.16 Å². The summed E-state index contributed by atoms with van der Waals surface area (Å²) in [6.45, 7) is 3.76. The van der Waals surface area contributed by atoms with Crippen molar-refractivity contribution in [1.29, 1.82) is 0 Å². The Kier molecular flexibility index (Phi) is 4.81. The molecule has 1 saturated heterocycles. The molecule has 0 radical (unpaired) electrons. The van der Waals surface area contributed by atoms with Gasteiger partial charge in [-0.05, 0) is 25.3 Å². The average Bonchev–Trinajstić information content (AvgIpc) is 3.40. The number of carbonyl (C=O) groups excluding carboxylic acids is 1. The lowest BCUT2D eigenvalue weighted by Crippen LogP contribution is -2.22. The van der Waals surface area contributed by atoms with Crippen molar-refractivity contribution in [2.75, 3.05) is 18.5 Å². The van der Waals surface area contributed by atoms with Gasteiger partial charge in [-0.2, -0.15) is 0 Å². The van der Waals surface area contributed by atoms with E-state index in [4.69, 9.17) is 9.26 Å². The van der Waals surface area contributed by atoms with Crippen LogP contribution in [0.4, 0.5) is 5.82 Å². The van der Waals surface area contributed by atoms with Crippen LogP contribution < -0.4 is 10.6 Å². The maximum atomic E-state index is 12.6. The van der Waals surface area contributed by atoms with Crippen LogP contribution in [0.2, 0.25) is 0 Å². The smallest absolute Gasteiger partial charge is 0.262 e. The Balaban J connectivity index is 1.53. The molecule has 1 aliphatic heterocycles. The molecule has 3 aromatic rings. The highest BCUT2D eigenvalue weighted by molar-refractivity contribution is 7.20. The zero-order valence-corrected chi connectivity index (χ0v) is 15.1. The molecule has 1 fully saturated rings. The number of fused-ring (bicyclic) bond motifs is 1. The van der Waals surface area contributed by atoms with Crippen molar-refractivity contribution in [3.8, 4) is 0 Å². The van der Waals surface area contributed by atoms with Crippen LogP contribution in [-0.4, -0.2) is 40.3 Å². The van der Waals surface area contributed by atoms with Crippen molar-refractivity contribution < 1.29 is 14.1 Å². The number of thiophene rings is 1. The molecule has 4 heterocycles. The van der Waals surface area contributed by atoms with Crippen molar-refractivity contribution >= 4 is 33.3 Å². The monoisotopic (exact) mass is 373 g/mol. The molecule has 9 heteroatoms. The van der Waals surface area contributed by atoms with Gasteiger partial charge >= 0.3 is 0 Å². The van der Waals surface area contributed by atoms with E-state index in [1.54, 1.807) is 6.07 Å². The van der Waals surface area contributed by atoms with Crippen molar-refractivity contribution in [3.63, 3.8) is 0 Å². The maximum absolute atomic E-state index is 12.6. The third-order valence-corrected chi connectivity index (χ3v) is 5.57. The molecule has 1 atom stereocenters. The van der Waals surface area contributed by atoms with Gasteiger partial charge in [-0.3, -0.25) is 4.79 Å². The summed E-state index contributed by atoms with van der Waals surface area (Å²) in [5.74, 6) is 0.591. The minimum absolute atomic E-state index is 0.154. The summed E-state index contributed by atoms with van der Waals surface area (Å²) in [6, 6.07) is 1.72. The fraction of sp³-hybridized carbons (Fsp3) is 0.412. The highest BCUT2D eigenvalue weighted by Gasteiger charge is 2.21. The Labute approximate surface area is 154 Å². The molecular formula is C17H19N5O3S. The first-order chi connectivity index (χ1) is 12.7. The van der Waals surface area contributed by atoms with Crippen LogP contribution in [0.5, 0.6) is 0 Å². The van der Waals surface area contributed by atoms with E-state index in [1.165, 1.54) is 23.9 Å². The molecule has 0 spiro atoms. The minimum atomic E-state index is -0.154. The fourth-order valence-corrected chi connectivity index (χ4v) is 4.08. The Hall–Kier alpha value is -2.52. The molecule has 0 aliphatic carbocycles. The molecule has 2 N–H and O–H groups in total. The van der Waals surface area contributed by atoms with Crippen molar-refractivity contribution in [2.45, 2.75) is 32.4 Å². The summed E-state index contributed by atoms with van der Waals surface area (Å²) in [7, 11) is 0. The summed E-state index contributed by atoms with van der Waals surface area (Å²) >= 11 is 1.36. The third kappa shape index (κ3) is 3.40. The van der Waals surface area contributed by atoms with E-state index in [9.17, 15) is 4.79 Å². The van der Waals surface area contributed by atoms with E-state index in [0.717, 1.165) is 41.0 Å². The minimum Gasteiger partial charge on any atom is -0.376 e. The number of ether oxygens (including phenoxy) is 1. The predicted octanol–water partition coefficient (Wildman–Crippen LogP) is 2.51. The first-order valence-corrected chi connectivity index (χ1v) is 9.31. The van der Waals surface area contributed by atoms with Gasteiger partial charge in [0, 0.05) is 19.2 Å². The molecule has 1 aliphatic rings. The number of carbonyl (C=O) groups is 1. The lowest BCUT2D eigenvalue weighted by Gasteiger charge is -2.12. The molecular weight excluding hydrogens is 354 g/mol. The largest absolute Gasteiger partial charge is 0.376 e. The normalized spacial score (nSPS) is 16.9. The van der Waals surface area contributed by atoms with Gasteiger partial charge in [0.15, 0.2) is 0 Å². The maximum Gasteiger partial charge on any atom is 0.262 e. The number of nitrogens with zero attached hydrogens (tertiary/aromatic N) is 3. The molecule has 0 unspecified atom stereocenters. The third-order valence-electron chi connectivity index (χ3n) is 4.38. The number of rotatable bonds is 6. The molecule has 136 valence electrons. The SMILES string of the molecule is Cc1c(C(=O)NCc2ccon2)sc2ncnc(NC[C@H]3CCCO3)c12. The van der Waals surface area contributed by atoms with Crippen molar-refractivity contribution in [2.24, 2.45) is 0 Å². The van der Waals surface area contributed by atoms with Crippen LogP contribution in [0.25, 0.3) is 10.2 Å². The van der Waals surface area contributed by atoms with Crippen LogP contribution in [0.1, 0.15) is 33.8 Å². The molecule has 0 saturated carbocycles. The lowest BCUT2D eigenvalue weighted by atomic mass is 10.2. The van der Waals surface area contributed by atoms with Crippen molar-refractivity contribution in [3.05, 3.63) is 34.8 Å². The Morgan fingerprint density at radius 2 is 2.35 bits per heavy atom. The molecule has 3 aromatic heterocycles. The van der Waals surface area contributed by atoms with Gasteiger partial charge < -0.3 is 19.9 Å². The summed E-state index contributed by atoms with van der Waals surface area (Å²) in [5, 5.41) is 10.9. The number of aromatic nitrogens is 3. The van der Waals surface area contributed by atoms with Gasteiger partial charge in [0.05, 0.1) is 22.9 Å². The summed E-state index contributed by atoms with van der Waals surface area (Å²) < 4.78 is 10.4. The van der Waals surface area contributed by atoms with Crippen LogP contribution in [0.15, 0.2) is 23.2 Å². The summed E-state index contributed by atoms with van der Waals surface area (Å²) in [5.41, 5.74) is 1.55.